The molecule has 0 aliphatic heterocycles. The molecule has 0 fully saturated rings. The van der Waals surface area contributed by atoms with E-state index in [9.17, 15) is 4.79 Å². The maximum absolute atomic E-state index is 12.9. The van der Waals surface area contributed by atoms with Gasteiger partial charge in [0.15, 0.2) is 6.04 Å². The first kappa shape index (κ1) is 22.1. The molecule has 1 heterocycles. The van der Waals surface area contributed by atoms with E-state index in [0.29, 0.717) is 13.0 Å². The molecule has 4 aromatic rings. The van der Waals surface area contributed by atoms with E-state index >= 15 is 0 Å². The molecule has 4 rings (SSSR count). The number of ether oxygens (including phenoxy) is 1. The molecule has 0 bridgehead atoms. The zero-order valence-electron chi connectivity index (χ0n) is 18.5. The Bertz CT molecular complexity index is 1150. The second-order valence-electron chi connectivity index (χ2n) is 7.51. The van der Waals surface area contributed by atoms with Gasteiger partial charge in [-0.3, -0.25) is 4.99 Å². The van der Waals surface area contributed by atoms with Crippen molar-refractivity contribution in [1.29, 1.82) is 0 Å². The molecule has 164 valence electrons. The van der Waals surface area contributed by atoms with Crippen LogP contribution in [0.3, 0.4) is 0 Å². The third kappa shape index (κ3) is 5.77. The molecular weight excluding hydrogens is 410 g/mol. The van der Waals surface area contributed by atoms with Gasteiger partial charge in [-0.05, 0) is 18.1 Å². The zero-order valence-corrected chi connectivity index (χ0v) is 18.5. The summed E-state index contributed by atoms with van der Waals surface area (Å²) in [5, 5.41) is 0. The van der Waals surface area contributed by atoms with E-state index in [1.54, 1.807) is 12.4 Å². The number of aliphatic imine (C=N–C) groups is 1. The molecule has 1 atom stereocenters. The van der Waals surface area contributed by atoms with E-state index in [1.165, 1.54) is 6.33 Å². The highest BCUT2D eigenvalue weighted by Crippen LogP contribution is 2.20. The Labute approximate surface area is 193 Å². The Morgan fingerprint density at radius 3 is 1.94 bits per heavy atom. The molecule has 0 unspecified atom stereocenters. The smallest absolute Gasteiger partial charge is 0.331 e. The maximum Gasteiger partial charge on any atom is 0.331 e. The van der Waals surface area contributed by atoms with Gasteiger partial charge in [0.05, 0.1) is 12.3 Å². The number of esters is 1. The Hall–Kier alpha value is -4.12. The largest absolute Gasteiger partial charge is 0.464 e. The minimum atomic E-state index is -0.661. The Morgan fingerprint density at radius 1 is 0.818 bits per heavy atom. The second-order valence-corrected chi connectivity index (χ2v) is 7.51. The molecule has 0 N–H and O–H groups in total. The first-order chi connectivity index (χ1) is 16.2. The van der Waals surface area contributed by atoms with Crippen LogP contribution in [0.5, 0.6) is 0 Å². The lowest BCUT2D eigenvalue weighted by molar-refractivity contribution is -0.144. The first-order valence-corrected chi connectivity index (χ1v) is 10.9. The SMILES string of the molecule is CCOC(=O)[C@@H](Cc1ccc(-c2cncnc2)cc1)N=C(c1ccccc1)c1ccccc1. The first-order valence-electron chi connectivity index (χ1n) is 10.9. The topological polar surface area (TPSA) is 64.4 Å². The van der Waals surface area contributed by atoms with Crippen LogP contribution in [-0.2, 0) is 16.0 Å². The fraction of sp³-hybridized carbons (Fsp3) is 0.143. The van der Waals surface area contributed by atoms with Gasteiger partial charge in [0.1, 0.15) is 6.33 Å². The van der Waals surface area contributed by atoms with Gasteiger partial charge < -0.3 is 4.74 Å². The van der Waals surface area contributed by atoms with Crippen LogP contribution in [0.25, 0.3) is 11.1 Å². The number of benzene rings is 3. The van der Waals surface area contributed by atoms with Crippen LogP contribution in [0, 0.1) is 0 Å². The van der Waals surface area contributed by atoms with Crippen molar-refractivity contribution in [2.45, 2.75) is 19.4 Å². The van der Waals surface area contributed by atoms with E-state index < -0.39 is 6.04 Å². The number of aromatic nitrogens is 2. The fourth-order valence-corrected chi connectivity index (χ4v) is 3.59. The lowest BCUT2D eigenvalue weighted by atomic mass is 9.99. The predicted octanol–water partition coefficient (Wildman–Crippen LogP) is 5.16. The number of hydrogen-bond acceptors (Lipinski definition) is 5. The molecule has 0 saturated heterocycles. The van der Waals surface area contributed by atoms with E-state index in [2.05, 4.69) is 9.97 Å². The third-order valence-corrected chi connectivity index (χ3v) is 5.21. The van der Waals surface area contributed by atoms with Crippen LogP contribution in [0.15, 0.2) is 109 Å². The summed E-state index contributed by atoms with van der Waals surface area (Å²) in [6, 6.07) is 27.2. The van der Waals surface area contributed by atoms with Gasteiger partial charge in [0, 0.05) is 35.5 Å². The highest BCUT2D eigenvalue weighted by atomic mass is 16.5. The summed E-state index contributed by atoms with van der Waals surface area (Å²) in [5.41, 5.74) is 5.64. The van der Waals surface area contributed by atoms with Crippen molar-refractivity contribution in [1.82, 2.24) is 9.97 Å². The van der Waals surface area contributed by atoms with Crippen molar-refractivity contribution in [3.05, 3.63) is 120 Å². The van der Waals surface area contributed by atoms with Gasteiger partial charge in [0.2, 0.25) is 0 Å². The molecule has 3 aromatic carbocycles. The molecule has 0 aliphatic rings. The molecule has 0 aliphatic carbocycles. The van der Waals surface area contributed by atoms with Crippen LogP contribution in [0.4, 0.5) is 0 Å². The van der Waals surface area contributed by atoms with Crippen LogP contribution >= 0.6 is 0 Å². The lowest BCUT2D eigenvalue weighted by Gasteiger charge is -2.16. The highest BCUT2D eigenvalue weighted by Gasteiger charge is 2.21. The minimum absolute atomic E-state index is 0.309. The number of rotatable bonds is 8. The number of carbonyl (C=O) groups excluding carboxylic acids is 1. The van der Waals surface area contributed by atoms with Gasteiger partial charge >= 0.3 is 5.97 Å². The summed E-state index contributed by atoms with van der Waals surface area (Å²) < 4.78 is 5.38. The summed E-state index contributed by atoms with van der Waals surface area (Å²) in [5.74, 6) is -0.331. The second kappa shape index (κ2) is 11.0. The van der Waals surface area contributed by atoms with Gasteiger partial charge in [-0.1, -0.05) is 84.9 Å². The zero-order chi connectivity index (χ0) is 22.9. The molecule has 1 aromatic heterocycles. The molecule has 0 radical (unpaired) electrons. The average molecular weight is 436 g/mol. The van der Waals surface area contributed by atoms with Crippen molar-refractivity contribution in [3.63, 3.8) is 0 Å². The van der Waals surface area contributed by atoms with Crippen molar-refractivity contribution in [3.8, 4) is 11.1 Å². The van der Waals surface area contributed by atoms with Crippen LogP contribution in [0.2, 0.25) is 0 Å². The number of hydrogen-bond donors (Lipinski definition) is 0. The Morgan fingerprint density at radius 2 is 1.39 bits per heavy atom. The van der Waals surface area contributed by atoms with E-state index in [1.807, 2.05) is 91.9 Å². The van der Waals surface area contributed by atoms with Crippen LogP contribution in [-0.4, -0.2) is 34.3 Å². The summed E-state index contributed by atoms with van der Waals surface area (Å²) in [6.45, 7) is 2.12. The molecule has 0 saturated carbocycles. The molecule has 0 amide bonds. The van der Waals surface area contributed by atoms with Crippen molar-refractivity contribution < 1.29 is 9.53 Å². The normalized spacial score (nSPS) is 11.4. The molecule has 0 spiro atoms. The maximum atomic E-state index is 12.9. The molecule has 33 heavy (non-hydrogen) atoms. The van der Waals surface area contributed by atoms with Gasteiger partial charge in [-0.2, -0.15) is 0 Å². The third-order valence-electron chi connectivity index (χ3n) is 5.21. The fourth-order valence-electron chi connectivity index (χ4n) is 3.59. The van der Waals surface area contributed by atoms with Crippen LogP contribution < -0.4 is 0 Å². The summed E-state index contributed by atoms with van der Waals surface area (Å²) >= 11 is 0. The van der Waals surface area contributed by atoms with E-state index in [-0.39, 0.29) is 5.97 Å². The van der Waals surface area contributed by atoms with Gasteiger partial charge in [0.25, 0.3) is 0 Å². The summed E-state index contributed by atoms with van der Waals surface area (Å²) in [6.07, 6.45) is 5.50. The lowest BCUT2D eigenvalue weighted by Crippen LogP contribution is -2.26. The summed E-state index contributed by atoms with van der Waals surface area (Å²) in [4.78, 5) is 26.0. The predicted molar refractivity (Wildman–Crippen MR) is 130 cm³/mol. The average Bonchev–Trinajstić information content (AvgIpc) is 2.88. The Balaban J connectivity index is 1.67. The molecule has 5 heteroatoms. The summed E-state index contributed by atoms with van der Waals surface area (Å²) in [7, 11) is 0. The highest BCUT2D eigenvalue weighted by molar-refractivity contribution is 6.13. The monoisotopic (exact) mass is 435 g/mol. The standard InChI is InChI=1S/C28H25N3O2/c1-2-33-28(32)26(17-21-13-15-22(16-14-21)25-18-29-20-30-19-25)31-27(23-9-5-3-6-10-23)24-11-7-4-8-12-24/h3-16,18-20,26H,2,17H2,1H3/t26-/m1/s1. The van der Waals surface area contributed by atoms with Crippen LogP contribution in [0.1, 0.15) is 23.6 Å². The van der Waals surface area contributed by atoms with Crippen molar-refractivity contribution in [2.24, 2.45) is 4.99 Å². The number of nitrogens with zero attached hydrogens (tertiary/aromatic N) is 3. The molecule has 5 nitrogen and oxygen atoms in total. The van der Waals surface area contributed by atoms with Gasteiger partial charge in [-0.25, -0.2) is 14.8 Å². The quantitative estimate of drug-likeness (QED) is 0.283. The van der Waals surface area contributed by atoms with Gasteiger partial charge in [-0.15, -0.1) is 0 Å². The van der Waals surface area contributed by atoms with E-state index in [4.69, 9.17) is 9.73 Å². The molecular formula is C28H25N3O2. The number of carbonyl (C=O) groups is 1. The minimum Gasteiger partial charge on any atom is -0.464 e. The van der Waals surface area contributed by atoms with Crippen molar-refractivity contribution >= 4 is 11.7 Å². The Kier molecular flexibility index (Phi) is 7.33. The van der Waals surface area contributed by atoms with Crippen molar-refractivity contribution in [2.75, 3.05) is 6.61 Å². The van der Waals surface area contributed by atoms with E-state index in [0.717, 1.165) is 33.5 Å².